The van der Waals surface area contributed by atoms with Crippen molar-refractivity contribution in [2.45, 2.75) is 298 Å². The molecule has 0 N–H and O–H groups in total. The number of esters is 3. The Bertz CT molecular complexity index is 902. The number of carbonyl (C=O) groups is 3. The molecule has 0 bridgehead atoms. The summed E-state index contributed by atoms with van der Waals surface area (Å²) in [5.41, 5.74) is 0. The van der Waals surface area contributed by atoms with Gasteiger partial charge >= 0.3 is 17.9 Å². The molecule has 0 aliphatic heterocycles. The molecule has 350 valence electrons. The van der Waals surface area contributed by atoms with Crippen LogP contribution in [-0.4, -0.2) is 37.2 Å². The number of hydrogen-bond donors (Lipinski definition) is 0. The summed E-state index contributed by atoms with van der Waals surface area (Å²) in [4.78, 5) is 37.9. The second-order valence-corrected chi connectivity index (χ2v) is 18.9. The smallest absolute Gasteiger partial charge is 0.306 e. The van der Waals surface area contributed by atoms with E-state index in [4.69, 9.17) is 14.2 Å². The third kappa shape index (κ3) is 45.8. The van der Waals surface area contributed by atoms with Gasteiger partial charge in [0.2, 0.25) is 0 Å². The topological polar surface area (TPSA) is 78.9 Å². The van der Waals surface area contributed by atoms with E-state index in [1.165, 1.54) is 180 Å². The van der Waals surface area contributed by atoms with Gasteiger partial charge in [-0.3, -0.25) is 14.4 Å². The zero-order valence-corrected chi connectivity index (χ0v) is 40.4. The van der Waals surface area contributed by atoms with E-state index >= 15 is 0 Å². The Balaban J connectivity index is 4.27. The zero-order chi connectivity index (χ0) is 43.3. The molecule has 0 aromatic carbocycles. The van der Waals surface area contributed by atoms with E-state index in [0.717, 1.165) is 69.6 Å². The van der Waals surface area contributed by atoms with Gasteiger partial charge in [-0.15, -0.1) is 0 Å². The lowest BCUT2D eigenvalue weighted by atomic mass is 9.99. The molecule has 0 aromatic rings. The van der Waals surface area contributed by atoms with Gasteiger partial charge in [0.25, 0.3) is 0 Å². The first kappa shape index (κ1) is 57.4. The molecular weight excluding hydrogens is 733 g/mol. The number of rotatable bonds is 47. The standard InChI is InChI=1S/C53H102O6/c1-6-8-9-10-11-12-13-19-23-30-35-40-45-53(56)59-50(47-58-52(55)44-39-34-29-25-24-26-31-36-41-48(3)4)46-57-51(54)43-38-33-28-22-20-17-15-14-16-18-21-27-32-37-42-49(5)7-2/h48-50H,6-47H2,1-5H3/t49?,50-/m0/s1. The Hall–Kier alpha value is -1.59. The van der Waals surface area contributed by atoms with E-state index in [1.807, 2.05) is 0 Å². The molecule has 6 nitrogen and oxygen atoms in total. The fraction of sp³-hybridized carbons (Fsp3) is 0.943. The van der Waals surface area contributed by atoms with Crippen LogP contribution in [0.15, 0.2) is 0 Å². The van der Waals surface area contributed by atoms with Crippen molar-refractivity contribution in [1.29, 1.82) is 0 Å². The number of unbranched alkanes of at least 4 members (excludes halogenated alkanes) is 31. The largest absolute Gasteiger partial charge is 0.462 e. The summed E-state index contributed by atoms with van der Waals surface area (Å²) >= 11 is 0. The molecule has 0 saturated carbocycles. The molecule has 6 heteroatoms. The predicted octanol–water partition coefficient (Wildman–Crippen LogP) is 16.9. The molecule has 0 aromatic heterocycles. The molecule has 0 spiro atoms. The summed E-state index contributed by atoms with van der Waals surface area (Å²) in [5, 5.41) is 0. The number of hydrogen-bond acceptors (Lipinski definition) is 6. The van der Waals surface area contributed by atoms with Gasteiger partial charge < -0.3 is 14.2 Å². The van der Waals surface area contributed by atoms with E-state index in [9.17, 15) is 14.4 Å². The Morgan fingerprint density at radius 3 is 0.966 bits per heavy atom. The van der Waals surface area contributed by atoms with Crippen LogP contribution in [-0.2, 0) is 28.6 Å². The van der Waals surface area contributed by atoms with E-state index < -0.39 is 6.10 Å². The Kier molecular flexibility index (Phi) is 44.7. The normalized spacial score (nSPS) is 12.5. The molecule has 0 aliphatic carbocycles. The maximum atomic E-state index is 12.8. The Labute approximate surface area is 368 Å². The molecule has 0 heterocycles. The van der Waals surface area contributed by atoms with E-state index in [0.29, 0.717) is 19.3 Å². The van der Waals surface area contributed by atoms with Crippen LogP contribution in [0.5, 0.6) is 0 Å². The van der Waals surface area contributed by atoms with Crippen LogP contribution >= 0.6 is 0 Å². The van der Waals surface area contributed by atoms with Gasteiger partial charge in [-0.05, 0) is 31.1 Å². The van der Waals surface area contributed by atoms with E-state index in [1.54, 1.807) is 0 Å². The molecule has 59 heavy (non-hydrogen) atoms. The van der Waals surface area contributed by atoms with Gasteiger partial charge in [-0.25, -0.2) is 0 Å². The summed E-state index contributed by atoms with van der Waals surface area (Å²) in [6, 6.07) is 0. The van der Waals surface area contributed by atoms with Crippen LogP contribution in [0.2, 0.25) is 0 Å². The van der Waals surface area contributed by atoms with Crippen LogP contribution in [0, 0.1) is 11.8 Å². The Morgan fingerprint density at radius 1 is 0.356 bits per heavy atom. The van der Waals surface area contributed by atoms with Crippen LogP contribution in [0.1, 0.15) is 291 Å². The molecule has 0 rings (SSSR count). The molecule has 0 fully saturated rings. The predicted molar refractivity (Wildman–Crippen MR) is 252 cm³/mol. The number of ether oxygens (including phenoxy) is 3. The summed E-state index contributed by atoms with van der Waals surface area (Å²) in [5.74, 6) is 0.843. The quantitative estimate of drug-likeness (QED) is 0.0345. The maximum absolute atomic E-state index is 12.8. The highest BCUT2D eigenvalue weighted by atomic mass is 16.6. The van der Waals surface area contributed by atoms with Crippen LogP contribution in [0.25, 0.3) is 0 Å². The van der Waals surface area contributed by atoms with E-state index in [2.05, 4.69) is 34.6 Å². The molecule has 0 aliphatic rings. The minimum atomic E-state index is -0.761. The van der Waals surface area contributed by atoms with Crippen molar-refractivity contribution in [3.63, 3.8) is 0 Å². The first-order chi connectivity index (χ1) is 28.8. The van der Waals surface area contributed by atoms with Gasteiger partial charge in [-0.2, -0.15) is 0 Å². The van der Waals surface area contributed by atoms with Gasteiger partial charge in [-0.1, -0.05) is 253 Å². The van der Waals surface area contributed by atoms with Crippen molar-refractivity contribution in [2.75, 3.05) is 13.2 Å². The summed E-state index contributed by atoms with van der Waals surface area (Å²) in [7, 11) is 0. The first-order valence-electron chi connectivity index (χ1n) is 26.3. The third-order valence-electron chi connectivity index (χ3n) is 12.3. The molecule has 0 saturated heterocycles. The van der Waals surface area contributed by atoms with Crippen LogP contribution in [0.4, 0.5) is 0 Å². The fourth-order valence-electron chi connectivity index (χ4n) is 7.96. The lowest BCUT2D eigenvalue weighted by Gasteiger charge is -2.18. The second kappa shape index (κ2) is 45.9. The first-order valence-corrected chi connectivity index (χ1v) is 26.3. The van der Waals surface area contributed by atoms with E-state index in [-0.39, 0.29) is 31.1 Å². The van der Waals surface area contributed by atoms with Crippen LogP contribution in [0.3, 0.4) is 0 Å². The average Bonchev–Trinajstić information content (AvgIpc) is 3.22. The fourth-order valence-corrected chi connectivity index (χ4v) is 7.96. The van der Waals surface area contributed by atoms with Crippen molar-refractivity contribution in [3.8, 4) is 0 Å². The van der Waals surface area contributed by atoms with Gasteiger partial charge in [0.1, 0.15) is 13.2 Å². The van der Waals surface area contributed by atoms with Crippen molar-refractivity contribution in [2.24, 2.45) is 11.8 Å². The minimum absolute atomic E-state index is 0.0638. The molecule has 0 amide bonds. The monoisotopic (exact) mass is 835 g/mol. The Morgan fingerprint density at radius 2 is 0.644 bits per heavy atom. The van der Waals surface area contributed by atoms with Gasteiger partial charge in [0.05, 0.1) is 0 Å². The lowest BCUT2D eigenvalue weighted by Crippen LogP contribution is -2.30. The highest BCUT2D eigenvalue weighted by molar-refractivity contribution is 5.71. The lowest BCUT2D eigenvalue weighted by molar-refractivity contribution is -0.167. The summed E-state index contributed by atoms with van der Waals surface area (Å²) < 4.78 is 16.8. The van der Waals surface area contributed by atoms with Crippen molar-refractivity contribution in [3.05, 3.63) is 0 Å². The second-order valence-electron chi connectivity index (χ2n) is 18.9. The SMILES string of the molecule is CCCCCCCCCCCCCCC(=O)O[C@@H](COC(=O)CCCCCCCCCCCCCCCCC(C)CC)COC(=O)CCCCCCCCCCC(C)C. The molecular formula is C53H102O6. The average molecular weight is 835 g/mol. The third-order valence-corrected chi connectivity index (χ3v) is 12.3. The molecule has 1 unspecified atom stereocenters. The van der Waals surface area contributed by atoms with Crippen LogP contribution < -0.4 is 0 Å². The van der Waals surface area contributed by atoms with Gasteiger partial charge in [0.15, 0.2) is 6.10 Å². The van der Waals surface area contributed by atoms with Crippen molar-refractivity contribution in [1.82, 2.24) is 0 Å². The highest BCUT2D eigenvalue weighted by Crippen LogP contribution is 2.18. The summed E-state index contributed by atoms with van der Waals surface area (Å²) in [6.07, 6.45) is 46.6. The maximum Gasteiger partial charge on any atom is 0.306 e. The zero-order valence-electron chi connectivity index (χ0n) is 40.4. The van der Waals surface area contributed by atoms with Crippen molar-refractivity contribution < 1.29 is 28.6 Å². The van der Waals surface area contributed by atoms with Crippen molar-refractivity contribution >= 4 is 17.9 Å². The minimum Gasteiger partial charge on any atom is -0.462 e. The molecule has 2 atom stereocenters. The van der Waals surface area contributed by atoms with Gasteiger partial charge in [0, 0.05) is 19.3 Å². The number of carbonyl (C=O) groups excluding carboxylic acids is 3. The summed E-state index contributed by atoms with van der Waals surface area (Å²) in [6.45, 7) is 11.4. The highest BCUT2D eigenvalue weighted by Gasteiger charge is 2.19. The molecule has 0 radical (unpaired) electrons.